The molecule has 0 saturated heterocycles. The van der Waals surface area contributed by atoms with Crippen molar-refractivity contribution >= 4 is 17.6 Å². The van der Waals surface area contributed by atoms with Crippen molar-refractivity contribution in [3.05, 3.63) is 52.8 Å². The van der Waals surface area contributed by atoms with Crippen molar-refractivity contribution in [2.75, 3.05) is 0 Å². The number of carbonyl (C=O) groups is 1. The van der Waals surface area contributed by atoms with Gasteiger partial charge in [-0.2, -0.15) is 13.2 Å². The van der Waals surface area contributed by atoms with E-state index in [-0.39, 0.29) is 10.6 Å². The highest BCUT2D eigenvalue weighted by Gasteiger charge is 2.32. The van der Waals surface area contributed by atoms with E-state index >= 15 is 0 Å². The lowest BCUT2D eigenvalue weighted by Crippen LogP contribution is -2.08. The van der Waals surface area contributed by atoms with Gasteiger partial charge in [0, 0.05) is 18.0 Å². The van der Waals surface area contributed by atoms with Gasteiger partial charge in [-0.15, -0.1) is 0 Å². The van der Waals surface area contributed by atoms with E-state index in [0.717, 1.165) is 12.1 Å². The predicted molar refractivity (Wildman–Crippen MR) is 66.6 cm³/mol. The van der Waals surface area contributed by atoms with E-state index in [2.05, 4.69) is 4.98 Å². The van der Waals surface area contributed by atoms with Crippen LogP contribution in [-0.4, -0.2) is 16.1 Å². The number of benzene rings is 1. The normalized spacial score (nSPS) is 11.4. The molecule has 2 rings (SSSR count). The first-order valence-corrected chi connectivity index (χ1v) is 5.71. The number of alkyl halides is 3. The molecule has 2 aromatic rings. The molecule has 1 N–H and O–H groups in total. The minimum atomic E-state index is -4.63. The van der Waals surface area contributed by atoms with Crippen LogP contribution in [0.2, 0.25) is 5.02 Å². The van der Waals surface area contributed by atoms with Gasteiger partial charge in [0.2, 0.25) is 0 Å². The fourth-order valence-corrected chi connectivity index (χ4v) is 1.83. The summed E-state index contributed by atoms with van der Waals surface area (Å²) in [6, 6.07) is 4.00. The van der Waals surface area contributed by atoms with E-state index in [1.807, 2.05) is 0 Å². The van der Waals surface area contributed by atoms with E-state index < -0.39 is 23.3 Å². The standard InChI is InChI=1S/C13H7ClF3NO2/c14-11-4-9(5-18-6-11)7-1-8(12(19)20)3-10(2-7)13(15,16)17/h1-6H,(H,19,20). The summed E-state index contributed by atoms with van der Waals surface area (Å²) >= 11 is 5.73. The van der Waals surface area contributed by atoms with Crippen LogP contribution in [0.15, 0.2) is 36.7 Å². The maximum absolute atomic E-state index is 12.8. The second kappa shape index (κ2) is 5.13. The summed E-state index contributed by atoms with van der Waals surface area (Å²) in [5.74, 6) is -1.44. The monoisotopic (exact) mass is 301 g/mol. The molecule has 1 aromatic heterocycles. The van der Waals surface area contributed by atoms with Gasteiger partial charge < -0.3 is 5.11 Å². The van der Waals surface area contributed by atoms with E-state index in [1.165, 1.54) is 18.5 Å². The molecule has 1 aromatic carbocycles. The molecule has 0 radical (unpaired) electrons. The number of carboxylic acids is 1. The van der Waals surface area contributed by atoms with E-state index in [9.17, 15) is 18.0 Å². The molecule has 0 fully saturated rings. The van der Waals surface area contributed by atoms with Crippen LogP contribution < -0.4 is 0 Å². The van der Waals surface area contributed by atoms with Gasteiger partial charge in [-0.1, -0.05) is 11.6 Å². The summed E-state index contributed by atoms with van der Waals surface area (Å²) in [5.41, 5.74) is -1.08. The van der Waals surface area contributed by atoms with Gasteiger partial charge in [0.25, 0.3) is 0 Å². The molecular formula is C13H7ClF3NO2. The summed E-state index contributed by atoms with van der Waals surface area (Å²) in [6.07, 6.45) is -1.99. The molecule has 0 aliphatic carbocycles. The van der Waals surface area contributed by atoms with Crippen LogP contribution in [0.5, 0.6) is 0 Å². The minimum Gasteiger partial charge on any atom is -0.478 e. The molecule has 0 unspecified atom stereocenters. The second-order valence-corrected chi connectivity index (χ2v) is 4.43. The zero-order chi connectivity index (χ0) is 14.9. The number of pyridine rings is 1. The molecule has 0 saturated carbocycles. The van der Waals surface area contributed by atoms with Gasteiger partial charge in [0.1, 0.15) is 0 Å². The summed E-state index contributed by atoms with van der Waals surface area (Å²) in [5, 5.41) is 9.14. The van der Waals surface area contributed by atoms with Gasteiger partial charge in [0.05, 0.1) is 16.1 Å². The molecule has 3 nitrogen and oxygen atoms in total. The largest absolute Gasteiger partial charge is 0.478 e. The van der Waals surface area contributed by atoms with Crippen molar-refractivity contribution in [3.63, 3.8) is 0 Å². The Morgan fingerprint density at radius 3 is 2.35 bits per heavy atom. The number of aromatic carboxylic acids is 1. The lowest BCUT2D eigenvalue weighted by Gasteiger charge is -2.11. The second-order valence-electron chi connectivity index (χ2n) is 3.99. The van der Waals surface area contributed by atoms with E-state index in [1.54, 1.807) is 0 Å². The number of rotatable bonds is 2. The smallest absolute Gasteiger partial charge is 0.416 e. The third-order valence-electron chi connectivity index (χ3n) is 2.55. The Balaban J connectivity index is 2.64. The molecule has 0 amide bonds. The Hall–Kier alpha value is -2.08. The van der Waals surface area contributed by atoms with Crippen LogP contribution in [0.3, 0.4) is 0 Å². The van der Waals surface area contributed by atoms with Gasteiger partial charge in [-0.3, -0.25) is 4.98 Å². The summed E-state index contributed by atoms with van der Waals surface area (Å²) in [4.78, 5) is 14.7. The van der Waals surface area contributed by atoms with Crippen LogP contribution in [0.1, 0.15) is 15.9 Å². The molecule has 0 aliphatic rings. The number of halogens is 4. The number of hydrogen-bond donors (Lipinski definition) is 1. The lowest BCUT2D eigenvalue weighted by molar-refractivity contribution is -0.137. The molecule has 0 bridgehead atoms. The Morgan fingerprint density at radius 2 is 1.80 bits per heavy atom. The highest BCUT2D eigenvalue weighted by atomic mass is 35.5. The molecule has 1 heterocycles. The zero-order valence-electron chi connectivity index (χ0n) is 9.78. The van der Waals surface area contributed by atoms with Crippen molar-refractivity contribution < 1.29 is 23.1 Å². The van der Waals surface area contributed by atoms with Crippen LogP contribution >= 0.6 is 11.6 Å². The average Bonchev–Trinajstić information content (AvgIpc) is 2.37. The van der Waals surface area contributed by atoms with Crippen LogP contribution in [0.4, 0.5) is 13.2 Å². The molecule has 0 atom stereocenters. The first-order valence-electron chi connectivity index (χ1n) is 5.34. The van der Waals surface area contributed by atoms with Crippen molar-refractivity contribution in [1.29, 1.82) is 0 Å². The zero-order valence-corrected chi connectivity index (χ0v) is 10.5. The van der Waals surface area contributed by atoms with Crippen LogP contribution in [0, 0.1) is 0 Å². The summed E-state index contributed by atoms with van der Waals surface area (Å²) in [6.45, 7) is 0. The number of aromatic nitrogens is 1. The molecule has 0 spiro atoms. The van der Waals surface area contributed by atoms with Crippen LogP contribution in [-0.2, 0) is 6.18 Å². The van der Waals surface area contributed by atoms with Crippen molar-refractivity contribution in [2.45, 2.75) is 6.18 Å². The maximum Gasteiger partial charge on any atom is 0.416 e. The molecular weight excluding hydrogens is 295 g/mol. The predicted octanol–water partition coefficient (Wildman–Crippen LogP) is 4.12. The third-order valence-corrected chi connectivity index (χ3v) is 2.75. The van der Waals surface area contributed by atoms with Crippen molar-refractivity contribution in [3.8, 4) is 11.1 Å². The number of hydrogen-bond acceptors (Lipinski definition) is 2. The van der Waals surface area contributed by atoms with E-state index in [4.69, 9.17) is 16.7 Å². The topological polar surface area (TPSA) is 50.2 Å². The Morgan fingerprint density at radius 1 is 1.10 bits per heavy atom. The van der Waals surface area contributed by atoms with Crippen LogP contribution in [0.25, 0.3) is 11.1 Å². The first-order chi connectivity index (χ1) is 9.27. The third kappa shape index (κ3) is 3.08. The maximum atomic E-state index is 12.8. The van der Waals surface area contributed by atoms with Gasteiger partial charge >= 0.3 is 12.1 Å². The average molecular weight is 302 g/mol. The van der Waals surface area contributed by atoms with Gasteiger partial charge in [-0.25, -0.2) is 4.79 Å². The van der Waals surface area contributed by atoms with Crippen molar-refractivity contribution in [1.82, 2.24) is 4.98 Å². The van der Waals surface area contributed by atoms with Gasteiger partial charge in [-0.05, 0) is 29.8 Å². The Labute approximate surface area is 116 Å². The summed E-state index contributed by atoms with van der Waals surface area (Å²) in [7, 11) is 0. The fourth-order valence-electron chi connectivity index (χ4n) is 1.65. The highest BCUT2D eigenvalue weighted by Crippen LogP contribution is 2.33. The lowest BCUT2D eigenvalue weighted by atomic mass is 10.0. The first kappa shape index (κ1) is 14.3. The highest BCUT2D eigenvalue weighted by molar-refractivity contribution is 6.30. The Bertz CT molecular complexity index is 671. The minimum absolute atomic E-state index is 0.0900. The van der Waals surface area contributed by atoms with Crippen molar-refractivity contribution in [2.24, 2.45) is 0 Å². The fraction of sp³-hybridized carbons (Fsp3) is 0.0769. The molecule has 7 heteroatoms. The Kier molecular flexibility index (Phi) is 3.67. The quantitative estimate of drug-likeness (QED) is 0.907. The van der Waals surface area contributed by atoms with Gasteiger partial charge in [0.15, 0.2) is 0 Å². The molecule has 104 valence electrons. The SMILES string of the molecule is O=C(O)c1cc(-c2cncc(Cl)c2)cc(C(F)(F)F)c1. The number of nitrogens with zero attached hydrogens (tertiary/aromatic N) is 1. The molecule has 20 heavy (non-hydrogen) atoms. The summed E-state index contributed by atoms with van der Waals surface area (Å²) < 4.78 is 38.3. The van der Waals surface area contributed by atoms with E-state index in [0.29, 0.717) is 11.6 Å². The number of carboxylic acid groups (broad SMARTS) is 1. The molecule has 0 aliphatic heterocycles.